The third kappa shape index (κ3) is 6.09. The van der Waals surface area contributed by atoms with E-state index in [1.807, 2.05) is 6.07 Å². The Labute approximate surface area is 128 Å². The summed E-state index contributed by atoms with van der Waals surface area (Å²) in [7, 11) is 3.07. The summed E-state index contributed by atoms with van der Waals surface area (Å²) >= 11 is 0. The highest BCUT2D eigenvalue weighted by molar-refractivity contribution is 5.39. The summed E-state index contributed by atoms with van der Waals surface area (Å²) in [4.78, 5) is 4.38. The number of alkyl halides is 3. The van der Waals surface area contributed by atoms with Crippen molar-refractivity contribution in [3.8, 4) is 11.6 Å². The highest BCUT2D eigenvalue weighted by atomic mass is 19.4. The van der Waals surface area contributed by atoms with Gasteiger partial charge in [0.1, 0.15) is 5.75 Å². The van der Waals surface area contributed by atoms with E-state index in [-0.39, 0.29) is 6.42 Å². The zero-order valence-electron chi connectivity index (χ0n) is 13.0. The van der Waals surface area contributed by atoms with E-state index in [2.05, 4.69) is 4.98 Å². The third-order valence-electron chi connectivity index (χ3n) is 3.30. The molecule has 2 N–H and O–H groups in total. The van der Waals surface area contributed by atoms with Crippen molar-refractivity contribution < 1.29 is 22.6 Å². The Hall–Kier alpha value is -1.50. The Morgan fingerprint density at radius 3 is 2.36 bits per heavy atom. The van der Waals surface area contributed by atoms with Gasteiger partial charge < -0.3 is 15.2 Å². The molecule has 0 saturated carbocycles. The predicted octanol–water partition coefficient (Wildman–Crippen LogP) is 3.27. The summed E-state index contributed by atoms with van der Waals surface area (Å²) in [5, 5.41) is 0. The maximum absolute atomic E-state index is 12.1. The highest BCUT2D eigenvalue weighted by Gasteiger charge is 2.25. The second-order valence-electron chi connectivity index (χ2n) is 5.02. The lowest BCUT2D eigenvalue weighted by Gasteiger charge is -2.13. The Bertz CT molecular complexity index is 465. The van der Waals surface area contributed by atoms with Crippen LogP contribution in [0.4, 0.5) is 13.2 Å². The fraction of sp³-hybridized carbons (Fsp3) is 0.667. The Kier molecular flexibility index (Phi) is 7.44. The predicted molar refractivity (Wildman–Crippen MR) is 78.3 cm³/mol. The number of hydrogen-bond donors (Lipinski definition) is 1. The average molecular weight is 320 g/mol. The smallest absolute Gasteiger partial charge is 0.389 e. The molecule has 1 aromatic heterocycles. The van der Waals surface area contributed by atoms with E-state index >= 15 is 0 Å². The number of hydrogen-bond acceptors (Lipinski definition) is 4. The molecule has 0 spiro atoms. The van der Waals surface area contributed by atoms with E-state index in [1.165, 1.54) is 7.11 Å². The molecular formula is C15H23F3N2O2. The molecule has 1 rings (SSSR count). The van der Waals surface area contributed by atoms with Gasteiger partial charge in [-0.05, 0) is 31.9 Å². The van der Waals surface area contributed by atoms with Gasteiger partial charge >= 0.3 is 6.18 Å². The normalized spacial score (nSPS) is 11.5. The van der Waals surface area contributed by atoms with Gasteiger partial charge in [-0.1, -0.05) is 6.42 Å². The van der Waals surface area contributed by atoms with Crippen LogP contribution in [0.5, 0.6) is 11.6 Å². The fourth-order valence-corrected chi connectivity index (χ4v) is 2.22. The molecule has 0 atom stereocenters. The Morgan fingerprint density at radius 2 is 1.82 bits per heavy atom. The summed E-state index contributed by atoms with van der Waals surface area (Å²) in [5.41, 5.74) is 7.10. The Balaban J connectivity index is 2.65. The lowest BCUT2D eigenvalue weighted by molar-refractivity contribution is -0.135. The van der Waals surface area contributed by atoms with Crippen LogP contribution < -0.4 is 15.2 Å². The van der Waals surface area contributed by atoms with Crippen molar-refractivity contribution in [1.29, 1.82) is 0 Å². The minimum absolute atomic E-state index is 0.141. The van der Waals surface area contributed by atoms with Gasteiger partial charge in [0.25, 0.3) is 0 Å². The summed E-state index contributed by atoms with van der Waals surface area (Å²) in [5.74, 6) is 1.12. The van der Waals surface area contributed by atoms with Crippen LogP contribution in [-0.4, -0.2) is 31.9 Å². The van der Waals surface area contributed by atoms with Crippen LogP contribution in [0.2, 0.25) is 0 Å². The maximum Gasteiger partial charge on any atom is 0.389 e. The number of pyridine rings is 1. The lowest BCUT2D eigenvalue weighted by atomic mass is 10.1. The molecule has 1 heterocycles. The molecule has 0 radical (unpaired) electrons. The Morgan fingerprint density at radius 1 is 1.09 bits per heavy atom. The zero-order chi connectivity index (χ0) is 16.6. The molecule has 0 unspecified atom stereocenters. The summed E-state index contributed by atoms with van der Waals surface area (Å²) in [6.45, 7) is 0.448. The number of halogens is 3. The van der Waals surface area contributed by atoms with Crippen molar-refractivity contribution >= 4 is 0 Å². The van der Waals surface area contributed by atoms with Crippen molar-refractivity contribution in [3.05, 3.63) is 17.3 Å². The number of methoxy groups -OCH3 is 2. The molecular weight excluding hydrogens is 297 g/mol. The molecule has 0 amide bonds. The number of rotatable bonds is 9. The summed E-state index contributed by atoms with van der Waals surface area (Å²) < 4.78 is 46.8. The van der Waals surface area contributed by atoms with E-state index in [1.54, 1.807) is 7.11 Å². The number of nitrogens with two attached hydrogens (primary N) is 1. The first kappa shape index (κ1) is 18.5. The molecule has 0 aliphatic carbocycles. The van der Waals surface area contributed by atoms with Crippen LogP contribution in [0.25, 0.3) is 0 Å². The summed E-state index contributed by atoms with van der Waals surface area (Å²) in [6.07, 6.45) is -2.34. The fourth-order valence-electron chi connectivity index (χ4n) is 2.22. The monoisotopic (exact) mass is 320 g/mol. The first-order chi connectivity index (χ1) is 10.4. The molecule has 0 aliphatic rings. The lowest BCUT2D eigenvalue weighted by Crippen LogP contribution is -2.08. The van der Waals surface area contributed by atoms with Crippen molar-refractivity contribution in [2.45, 2.75) is 44.7 Å². The number of aromatic nitrogens is 1. The van der Waals surface area contributed by atoms with E-state index in [0.29, 0.717) is 43.9 Å². The third-order valence-corrected chi connectivity index (χ3v) is 3.30. The van der Waals surface area contributed by atoms with Gasteiger partial charge in [-0.2, -0.15) is 13.2 Å². The van der Waals surface area contributed by atoms with Gasteiger partial charge in [0.15, 0.2) is 0 Å². The molecule has 22 heavy (non-hydrogen) atoms. The molecule has 0 bridgehead atoms. The van der Waals surface area contributed by atoms with Crippen LogP contribution in [-0.2, 0) is 12.8 Å². The van der Waals surface area contributed by atoms with E-state index < -0.39 is 12.6 Å². The van der Waals surface area contributed by atoms with Crippen LogP contribution in [0.15, 0.2) is 6.07 Å². The maximum atomic E-state index is 12.1. The SMILES string of the molecule is COc1cc(CCCCCC(F)(F)F)c(OC)nc1CCN. The van der Waals surface area contributed by atoms with E-state index in [9.17, 15) is 13.2 Å². The molecule has 126 valence electrons. The van der Waals surface area contributed by atoms with Crippen LogP contribution in [0, 0.1) is 0 Å². The number of nitrogens with zero attached hydrogens (tertiary/aromatic N) is 1. The first-order valence-corrected chi connectivity index (χ1v) is 7.29. The highest BCUT2D eigenvalue weighted by Crippen LogP contribution is 2.28. The number of unbranched alkanes of at least 4 members (excludes halogenated alkanes) is 2. The molecule has 4 nitrogen and oxygen atoms in total. The second-order valence-corrected chi connectivity index (χ2v) is 5.02. The minimum Gasteiger partial charge on any atom is -0.495 e. The second kappa shape index (κ2) is 8.82. The van der Waals surface area contributed by atoms with Gasteiger partial charge in [-0.15, -0.1) is 0 Å². The molecule has 0 aromatic carbocycles. The van der Waals surface area contributed by atoms with Gasteiger partial charge in [-0.25, -0.2) is 4.98 Å². The van der Waals surface area contributed by atoms with E-state index in [4.69, 9.17) is 15.2 Å². The number of ether oxygens (including phenoxy) is 2. The number of aryl methyl sites for hydroxylation is 1. The van der Waals surface area contributed by atoms with Gasteiger partial charge in [-0.3, -0.25) is 0 Å². The van der Waals surface area contributed by atoms with Gasteiger partial charge in [0, 0.05) is 18.4 Å². The molecule has 0 saturated heterocycles. The molecule has 1 aromatic rings. The van der Waals surface area contributed by atoms with Crippen molar-refractivity contribution in [2.75, 3.05) is 20.8 Å². The summed E-state index contributed by atoms with van der Waals surface area (Å²) in [6, 6.07) is 1.83. The minimum atomic E-state index is -4.08. The molecule has 0 aliphatic heterocycles. The quantitative estimate of drug-likeness (QED) is 0.710. The molecule has 0 fully saturated rings. The average Bonchev–Trinajstić information content (AvgIpc) is 2.46. The van der Waals surface area contributed by atoms with Crippen LogP contribution in [0.3, 0.4) is 0 Å². The van der Waals surface area contributed by atoms with Crippen molar-refractivity contribution in [1.82, 2.24) is 4.98 Å². The van der Waals surface area contributed by atoms with Crippen molar-refractivity contribution in [2.24, 2.45) is 5.73 Å². The first-order valence-electron chi connectivity index (χ1n) is 7.29. The zero-order valence-corrected chi connectivity index (χ0v) is 13.0. The molecule has 7 heteroatoms. The van der Waals surface area contributed by atoms with Crippen molar-refractivity contribution in [3.63, 3.8) is 0 Å². The van der Waals surface area contributed by atoms with Crippen LogP contribution >= 0.6 is 0 Å². The van der Waals surface area contributed by atoms with E-state index in [0.717, 1.165) is 11.3 Å². The van der Waals surface area contributed by atoms with Gasteiger partial charge in [0.05, 0.1) is 19.9 Å². The largest absolute Gasteiger partial charge is 0.495 e. The van der Waals surface area contributed by atoms with Gasteiger partial charge in [0.2, 0.25) is 5.88 Å². The van der Waals surface area contributed by atoms with Crippen LogP contribution in [0.1, 0.15) is 36.9 Å². The standard InChI is InChI=1S/C15H23F3N2O2/c1-21-13-10-11(6-4-3-5-8-15(16,17)18)14(22-2)20-12(13)7-9-19/h10H,3-9,19H2,1-2H3. The topological polar surface area (TPSA) is 57.4 Å².